The summed E-state index contributed by atoms with van der Waals surface area (Å²) in [6, 6.07) is 11.0. The van der Waals surface area contributed by atoms with Crippen molar-refractivity contribution in [3.05, 3.63) is 63.3 Å². The molecule has 9 nitrogen and oxygen atoms in total. The van der Waals surface area contributed by atoms with Gasteiger partial charge in [0.05, 0.1) is 6.21 Å². The molecule has 0 spiro atoms. The molecule has 1 heterocycles. The summed E-state index contributed by atoms with van der Waals surface area (Å²) in [4.78, 5) is 14.3. The van der Waals surface area contributed by atoms with Crippen LogP contribution in [0.2, 0.25) is 10.0 Å². The minimum atomic E-state index is -0.643. The quantitative estimate of drug-likeness (QED) is 0.351. The summed E-state index contributed by atoms with van der Waals surface area (Å²) in [6.07, 6.45) is 1.46. The van der Waals surface area contributed by atoms with Gasteiger partial charge in [0.25, 0.3) is 5.91 Å². The molecule has 11 heteroatoms. The normalized spacial score (nSPS) is 11.0. The molecular formula is C21H22Cl2N6O3. The fourth-order valence-electron chi connectivity index (χ4n) is 2.90. The van der Waals surface area contributed by atoms with Crippen molar-refractivity contribution in [1.82, 2.24) is 15.7 Å². The third kappa shape index (κ3) is 5.68. The summed E-state index contributed by atoms with van der Waals surface area (Å²) >= 11 is 12.2. The van der Waals surface area contributed by atoms with Crippen molar-refractivity contribution in [3.8, 4) is 5.75 Å². The van der Waals surface area contributed by atoms with Crippen LogP contribution < -0.4 is 20.8 Å². The first-order valence-electron chi connectivity index (χ1n) is 9.80. The van der Waals surface area contributed by atoms with E-state index in [9.17, 15) is 4.79 Å². The molecule has 1 aromatic heterocycles. The first kappa shape index (κ1) is 23.4. The molecule has 0 aliphatic rings. The van der Waals surface area contributed by atoms with Crippen LogP contribution in [0.25, 0.3) is 0 Å². The second kappa shape index (κ2) is 10.8. The lowest BCUT2D eigenvalue weighted by Gasteiger charge is -2.22. The van der Waals surface area contributed by atoms with Gasteiger partial charge in [-0.05, 0) is 48.4 Å². The summed E-state index contributed by atoms with van der Waals surface area (Å²) in [5.74, 6) is -0.193. The molecule has 0 bridgehead atoms. The number of rotatable bonds is 9. The van der Waals surface area contributed by atoms with Crippen LogP contribution in [0, 0.1) is 0 Å². The average molecular weight is 477 g/mol. The molecule has 3 aromatic rings. The number of nitrogens with zero attached hydrogens (tertiary/aromatic N) is 4. The zero-order chi connectivity index (χ0) is 23.1. The Hall–Kier alpha value is -3.30. The molecule has 0 saturated heterocycles. The monoisotopic (exact) mass is 476 g/mol. The van der Waals surface area contributed by atoms with E-state index in [1.807, 2.05) is 24.3 Å². The molecule has 3 rings (SSSR count). The fraction of sp³-hybridized carbons (Fsp3) is 0.238. The highest BCUT2D eigenvalue weighted by atomic mass is 35.5. The van der Waals surface area contributed by atoms with E-state index < -0.39 is 5.91 Å². The van der Waals surface area contributed by atoms with E-state index in [0.717, 1.165) is 24.3 Å². The van der Waals surface area contributed by atoms with Crippen LogP contribution in [-0.4, -0.2) is 35.5 Å². The number of hydrogen-bond acceptors (Lipinski definition) is 8. The van der Waals surface area contributed by atoms with Crippen molar-refractivity contribution in [1.29, 1.82) is 0 Å². The Morgan fingerprint density at radius 3 is 2.66 bits per heavy atom. The number of hydrogen-bond donors (Lipinski definition) is 2. The topological polar surface area (TPSA) is 119 Å². The van der Waals surface area contributed by atoms with Gasteiger partial charge in [-0.1, -0.05) is 29.3 Å². The number of nitrogen functional groups attached to an aromatic ring is 1. The number of carbonyl (C=O) groups is 1. The van der Waals surface area contributed by atoms with Crippen LogP contribution in [-0.2, 0) is 6.61 Å². The largest absolute Gasteiger partial charge is 0.488 e. The van der Waals surface area contributed by atoms with Gasteiger partial charge in [-0.3, -0.25) is 4.79 Å². The van der Waals surface area contributed by atoms with Gasteiger partial charge in [-0.15, -0.1) is 0 Å². The van der Waals surface area contributed by atoms with Crippen molar-refractivity contribution in [3.63, 3.8) is 0 Å². The van der Waals surface area contributed by atoms with E-state index in [-0.39, 0.29) is 18.1 Å². The highest BCUT2D eigenvalue weighted by molar-refractivity contribution is 6.35. The number of hydrazone groups is 1. The summed E-state index contributed by atoms with van der Waals surface area (Å²) in [5.41, 5.74) is 10.1. The van der Waals surface area contributed by atoms with Crippen LogP contribution in [0.3, 0.4) is 0 Å². The highest BCUT2D eigenvalue weighted by Crippen LogP contribution is 2.28. The molecule has 0 aliphatic carbocycles. The van der Waals surface area contributed by atoms with Crippen LogP contribution in [0.1, 0.15) is 35.5 Å². The van der Waals surface area contributed by atoms with Gasteiger partial charge >= 0.3 is 0 Å². The predicted molar refractivity (Wildman–Crippen MR) is 125 cm³/mol. The summed E-state index contributed by atoms with van der Waals surface area (Å²) in [5, 5.41) is 11.8. The first-order chi connectivity index (χ1) is 15.4. The number of anilines is 2. The van der Waals surface area contributed by atoms with Gasteiger partial charge in [0.2, 0.25) is 11.5 Å². The van der Waals surface area contributed by atoms with E-state index >= 15 is 0 Å². The molecule has 32 heavy (non-hydrogen) atoms. The first-order valence-corrected chi connectivity index (χ1v) is 10.6. The van der Waals surface area contributed by atoms with Crippen LogP contribution in [0.5, 0.6) is 5.75 Å². The maximum absolute atomic E-state index is 12.1. The highest BCUT2D eigenvalue weighted by Gasteiger charge is 2.15. The average Bonchev–Trinajstić information content (AvgIpc) is 3.21. The van der Waals surface area contributed by atoms with Crippen LogP contribution in [0.4, 0.5) is 11.5 Å². The maximum Gasteiger partial charge on any atom is 0.297 e. The van der Waals surface area contributed by atoms with Gasteiger partial charge in [0.15, 0.2) is 0 Å². The van der Waals surface area contributed by atoms with Crippen LogP contribution >= 0.6 is 23.2 Å². The molecule has 0 aliphatic heterocycles. The lowest BCUT2D eigenvalue weighted by atomic mass is 10.1. The second-order valence-electron chi connectivity index (χ2n) is 6.62. The minimum absolute atomic E-state index is 0.120. The van der Waals surface area contributed by atoms with Gasteiger partial charge in [0, 0.05) is 46.0 Å². The number of benzene rings is 2. The molecule has 0 radical (unpaired) electrons. The van der Waals surface area contributed by atoms with Gasteiger partial charge < -0.3 is 15.4 Å². The Bertz CT molecular complexity index is 1110. The molecule has 168 valence electrons. The number of nitrogens with one attached hydrogen (secondary N) is 1. The Kier molecular flexibility index (Phi) is 7.91. The number of aromatic nitrogens is 2. The molecular weight excluding hydrogens is 455 g/mol. The Morgan fingerprint density at radius 2 is 2.00 bits per heavy atom. The van der Waals surface area contributed by atoms with Gasteiger partial charge in [-0.2, -0.15) is 5.10 Å². The smallest absolute Gasteiger partial charge is 0.297 e. The Morgan fingerprint density at radius 1 is 1.22 bits per heavy atom. The van der Waals surface area contributed by atoms with Gasteiger partial charge in [0.1, 0.15) is 12.4 Å². The summed E-state index contributed by atoms with van der Waals surface area (Å²) < 4.78 is 10.5. The third-order valence-electron chi connectivity index (χ3n) is 4.62. The molecule has 0 atom stereocenters. The zero-order valence-electron chi connectivity index (χ0n) is 17.5. The van der Waals surface area contributed by atoms with Crippen molar-refractivity contribution in [2.24, 2.45) is 5.10 Å². The lowest BCUT2D eigenvalue weighted by Crippen LogP contribution is -2.22. The number of halogens is 2. The predicted octanol–water partition coefficient (Wildman–Crippen LogP) is 4.15. The molecule has 0 unspecified atom stereocenters. The summed E-state index contributed by atoms with van der Waals surface area (Å²) in [7, 11) is 0. The minimum Gasteiger partial charge on any atom is -0.488 e. The Balaban J connectivity index is 1.82. The van der Waals surface area contributed by atoms with Crippen molar-refractivity contribution in [2.45, 2.75) is 20.5 Å². The van der Waals surface area contributed by atoms with E-state index in [4.69, 9.17) is 33.7 Å². The lowest BCUT2D eigenvalue weighted by molar-refractivity contribution is 0.0946. The SMILES string of the molecule is CCN(CC)c1ccc(C=NNC(=O)c2nonc2N)c(OCc2ccc(Cl)cc2Cl)c1. The molecule has 1 amide bonds. The third-order valence-corrected chi connectivity index (χ3v) is 5.21. The van der Waals surface area contributed by atoms with E-state index in [1.165, 1.54) is 6.21 Å². The number of ether oxygens (including phenoxy) is 1. The van der Waals surface area contributed by atoms with Crippen molar-refractivity contribution in [2.75, 3.05) is 23.7 Å². The molecule has 3 N–H and O–H groups in total. The standard InChI is InChI=1S/C21H22Cl2N6O3/c1-3-29(4-2)16-8-6-13(11-25-26-21(30)19-20(24)28-32-27-19)18(10-16)31-12-14-5-7-15(22)9-17(14)23/h5-11H,3-4,12H2,1-2H3,(H2,24,28)(H,26,30). The number of carbonyl (C=O) groups excluding carboxylic acids is 1. The molecule has 2 aromatic carbocycles. The van der Waals surface area contributed by atoms with Gasteiger partial charge in [-0.25, -0.2) is 10.1 Å². The Labute approximate surface area is 195 Å². The fourth-order valence-corrected chi connectivity index (χ4v) is 3.36. The van der Waals surface area contributed by atoms with E-state index in [0.29, 0.717) is 21.4 Å². The summed E-state index contributed by atoms with van der Waals surface area (Å²) in [6.45, 7) is 6.07. The van der Waals surface area contributed by atoms with Crippen molar-refractivity contribution >= 4 is 46.8 Å². The molecule has 0 fully saturated rings. The van der Waals surface area contributed by atoms with E-state index in [1.54, 1.807) is 12.1 Å². The van der Waals surface area contributed by atoms with E-state index in [2.05, 4.69) is 44.2 Å². The maximum atomic E-state index is 12.1. The van der Waals surface area contributed by atoms with Crippen molar-refractivity contribution < 1.29 is 14.2 Å². The second-order valence-corrected chi connectivity index (χ2v) is 7.46. The number of amides is 1. The zero-order valence-corrected chi connectivity index (χ0v) is 19.0. The van der Waals surface area contributed by atoms with Crippen LogP contribution in [0.15, 0.2) is 46.1 Å². The number of nitrogens with two attached hydrogens (primary N) is 1. The molecule has 0 saturated carbocycles.